The van der Waals surface area contributed by atoms with Crippen LogP contribution >= 0.6 is 15.9 Å². The van der Waals surface area contributed by atoms with Gasteiger partial charge in [0.15, 0.2) is 0 Å². The van der Waals surface area contributed by atoms with Crippen molar-refractivity contribution in [2.24, 2.45) is 0 Å². The van der Waals surface area contributed by atoms with Crippen molar-refractivity contribution in [2.75, 3.05) is 13.1 Å². The Morgan fingerprint density at radius 2 is 2.19 bits per heavy atom. The van der Waals surface area contributed by atoms with Crippen LogP contribution < -0.4 is 16.2 Å². The van der Waals surface area contributed by atoms with Crippen LogP contribution in [0.15, 0.2) is 28.7 Å². The van der Waals surface area contributed by atoms with Crippen molar-refractivity contribution in [2.45, 2.75) is 25.4 Å². The van der Waals surface area contributed by atoms with Crippen molar-refractivity contribution in [1.82, 2.24) is 16.2 Å². The maximum Gasteiger partial charge on any atom is 0.0350 e. The maximum atomic E-state index is 3.54. The number of halogens is 1. The molecule has 1 fully saturated rings. The van der Waals surface area contributed by atoms with E-state index in [-0.39, 0.29) is 0 Å². The third-order valence-electron chi connectivity index (χ3n) is 2.96. The minimum Gasteiger partial charge on any atom is -0.309 e. The second-order valence-electron chi connectivity index (χ2n) is 4.24. The highest BCUT2D eigenvalue weighted by molar-refractivity contribution is 9.10. The number of nitrogens with one attached hydrogen (secondary N) is 3. The molecule has 0 bridgehead atoms. The Hall–Kier alpha value is -0.420. The number of benzene rings is 1. The summed E-state index contributed by atoms with van der Waals surface area (Å²) in [6, 6.07) is 9.43. The van der Waals surface area contributed by atoms with Gasteiger partial charge in [0.25, 0.3) is 0 Å². The van der Waals surface area contributed by atoms with Crippen LogP contribution in [0.2, 0.25) is 0 Å². The molecule has 1 aromatic carbocycles. The highest BCUT2D eigenvalue weighted by Gasteiger charge is 2.14. The van der Waals surface area contributed by atoms with Crippen LogP contribution in [0.3, 0.4) is 0 Å². The number of hydrazine groups is 1. The van der Waals surface area contributed by atoms with Gasteiger partial charge in [-0.25, -0.2) is 0 Å². The van der Waals surface area contributed by atoms with Crippen molar-refractivity contribution < 1.29 is 0 Å². The Balaban J connectivity index is 1.82. The summed E-state index contributed by atoms with van der Waals surface area (Å²) in [6.45, 7) is 4.27. The summed E-state index contributed by atoms with van der Waals surface area (Å²) in [6.07, 6.45) is 1.19. The van der Waals surface area contributed by atoms with Gasteiger partial charge in [-0.15, -0.1) is 0 Å². The first-order valence-electron chi connectivity index (χ1n) is 5.73. The highest BCUT2D eigenvalue weighted by Crippen LogP contribution is 2.16. The average molecular weight is 284 g/mol. The van der Waals surface area contributed by atoms with E-state index in [1.165, 1.54) is 12.0 Å². The lowest BCUT2D eigenvalue weighted by molar-refractivity contribution is 0.472. The van der Waals surface area contributed by atoms with Gasteiger partial charge in [0, 0.05) is 29.6 Å². The Bertz CT molecular complexity index is 320. The Labute approximate surface area is 105 Å². The molecule has 0 aliphatic carbocycles. The molecule has 1 aromatic rings. The monoisotopic (exact) mass is 283 g/mol. The summed E-state index contributed by atoms with van der Waals surface area (Å²) in [5.74, 6) is 0. The number of rotatable bonds is 4. The summed E-state index contributed by atoms with van der Waals surface area (Å²) in [5.41, 5.74) is 7.73. The molecule has 1 aliphatic rings. The third kappa shape index (κ3) is 3.28. The molecule has 3 N–H and O–H groups in total. The fourth-order valence-electron chi connectivity index (χ4n) is 1.88. The molecule has 4 heteroatoms. The summed E-state index contributed by atoms with van der Waals surface area (Å²) in [4.78, 5) is 0. The highest BCUT2D eigenvalue weighted by atomic mass is 79.9. The lowest BCUT2D eigenvalue weighted by atomic mass is 10.1. The topological polar surface area (TPSA) is 36.1 Å². The van der Waals surface area contributed by atoms with Gasteiger partial charge < -0.3 is 5.32 Å². The lowest BCUT2D eigenvalue weighted by Gasteiger charge is -2.17. The van der Waals surface area contributed by atoms with Crippen LogP contribution in [0.1, 0.15) is 24.9 Å². The van der Waals surface area contributed by atoms with Crippen LogP contribution in [0.4, 0.5) is 0 Å². The molecule has 16 heavy (non-hydrogen) atoms. The second-order valence-corrected chi connectivity index (χ2v) is 5.15. The Morgan fingerprint density at radius 1 is 1.44 bits per heavy atom. The SMILES string of the molecule is CC(NCC1CCNN1)c1ccc(Br)cc1. The predicted octanol–water partition coefficient (Wildman–Crippen LogP) is 1.97. The molecular formula is C12H18BrN3. The molecule has 88 valence electrons. The summed E-state index contributed by atoms with van der Waals surface area (Å²) >= 11 is 3.45. The molecule has 2 rings (SSSR count). The average Bonchev–Trinajstić information content (AvgIpc) is 2.80. The quantitative estimate of drug-likeness (QED) is 0.791. The first-order valence-corrected chi connectivity index (χ1v) is 6.52. The van der Waals surface area contributed by atoms with Gasteiger partial charge in [0.05, 0.1) is 0 Å². The molecule has 0 amide bonds. The van der Waals surface area contributed by atoms with Crippen LogP contribution in [-0.4, -0.2) is 19.1 Å². The lowest BCUT2D eigenvalue weighted by Crippen LogP contribution is -2.38. The molecule has 2 atom stereocenters. The van der Waals surface area contributed by atoms with Crippen molar-refractivity contribution in [3.63, 3.8) is 0 Å². The normalized spacial score (nSPS) is 22.2. The second kappa shape index (κ2) is 5.77. The number of hydrogen-bond donors (Lipinski definition) is 3. The van der Waals surface area contributed by atoms with E-state index in [0.717, 1.165) is 17.6 Å². The molecule has 0 spiro atoms. The minimum atomic E-state index is 0.399. The van der Waals surface area contributed by atoms with E-state index < -0.39 is 0 Å². The molecule has 1 heterocycles. The minimum absolute atomic E-state index is 0.399. The molecular weight excluding hydrogens is 266 g/mol. The molecule has 1 aliphatic heterocycles. The van der Waals surface area contributed by atoms with Gasteiger partial charge in [0.2, 0.25) is 0 Å². The van der Waals surface area contributed by atoms with E-state index >= 15 is 0 Å². The van der Waals surface area contributed by atoms with E-state index in [2.05, 4.69) is 63.3 Å². The Kier molecular flexibility index (Phi) is 4.35. The van der Waals surface area contributed by atoms with Crippen molar-refractivity contribution in [3.8, 4) is 0 Å². The van der Waals surface area contributed by atoms with Crippen LogP contribution in [0, 0.1) is 0 Å². The van der Waals surface area contributed by atoms with Crippen molar-refractivity contribution in [3.05, 3.63) is 34.3 Å². The smallest absolute Gasteiger partial charge is 0.0350 e. The zero-order valence-corrected chi connectivity index (χ0v) is 11.0. The van der Waals surface area contributed by atoms with E-state index in [4.69, 9.17) is 0 Å². The van der Waals surface area contributed by atoms with Crippen molar-refractivity contribution in [1.29, 1.82) is 0 Å². The molecule has 0 aromatic heterocycles. The van der Waals surface area contributed by atoms with Gasteiger partial charge in [-0.1, -0.05) is 28.1 Å². The standard InChI is InChI=1S/C12H18BrN3/c1-9(10-2-4-11(13)5-3-10)14-8-12-6-7-15-16-12/h2-5,9,12,14-16H,6-8H2,1H3. The van der Waals surface area contributed by atoms with Crippen molar-refractivity contribution >= 4 is 15.9 Å². The van der Waals surface area contributed by atoms with Gasteiger partial charge in [-0.3, -0.25) is 10.9 Å². The summed E-state index contributed by atoms with van der Waals surface area (Å²) < 4.78 is 1.13. The van der Waals surface area contributed by atoms with Crippen LogP contribution in [0.25, 0.3) is 0 Å². The summed E-state index contributed by atoms with van der Waals surface area (Å²) in [5, 5.41) is 3.54. The van der Waals surface area contributed by atoms with Gasteiger partial charge >= 0.3 is 0 Å². The molecule has 1 saturated heterocycles. The third-order valence-corrected chi connectivity index (χ3v) is 3.49. The summed E-state index contributed by atoms with van der Waals surface area (Å²) in [7, 11) is 0. The molecule has 0 radical (unpaired) electrons. The van der Waals surface area contributed by atoms with Crippen LogP contribution in [0.5, 0.6) is 0 Å². The van der Waals surface area contributed by atoms with E-state index in [1.807, 2.05) is 0 Å². The largest absolute Gasteiger partial charge is 0.309 e. The fraction of sp³-hybridized carbons (Fsp3) is 0.500. The zero-order valence-electron chi connectivity index (χ0n) is 9.46. The van der Waals surface area contributed by atoms with Crippen LogP contribution in [-0.2, 0) is 0 Å². The maximum absolute atomic E-state index is 3.54. The predicted molar refractivity (Wildman–Crippen MR) is 70.1 cm³/mol. The van der Waals surface area contributed by atoms with Gasteiger partial charge in [-0.05, 0) is 31.0 Å². The van der Waals surface area contributed by atoms with Gasteiger partial charge in [0.1, 0.15) is 0 Å². The van der Waals surface area contributed by atoms with Gasteiger partial charge in [-0.2, -0.15) is 0 Å². The molecule has 3 nitrogen and oxygen atoms in total. The van der Waals surface area contributed by atoms with E-state index in [9.17, 15) is 0 Å². The zero-order chi connectivity index (χ0) is 11.4. The Morgan fingerprint density at radius 3 is 2.81 bits per heavy atom. The first kappa shape index (κ1) is 12.0. The molecule has 0 saturated carbocycles. The molecule has 2 unspecified atom stereocenters. The number of hydrogen-bond acceptors (Lipinski definition) is 3. The fourth-order valence-corrected chi connectivity index (χ4v) is 2.14. The van der Waals surface area contributed by atoms with E-state index in [0.29, 0.717) is 12.1 Å². The van der Waals surface area contributed by atoms with E-state index in [1.54, 1.807) is 0 Å². The first-order chi connectivity index (χ1) is 7.75.